The molecule has 0 amide bonds. The predicted octanol–water partition coefficient (Wildman–Crippen LogP) is 3.98. The van der Waals surface area contributed by atoms with E-state index in [1.54, 1.807) is 17.7 Å². The molecule has 0 saturated carbocycles. The third-order valence-corrected chi connectivity index (χ3v) is 6.28. The largest absolute Gasteiger partial charge is 0.380 e. The molecule has 1 aliphatic heterocycles. The second kappa shape index (κ2) is 6.51. The minimum Gasteiger partial charge on any atom is -0.380 e. The molecule has 0 atom stereocenters. The molecule has 0 bridgehead atoms. The van der Waals surface area contributed by atoms with Crippen molar-refractivity contribution in [1.82, 2.24) is 20.2 Å². The van der Waals surface area contributed by atoms with Crippen LogP contribution in [0.25, 0.3) is 20.4 Å². The third-order valence-electron chi connectivity index (χ3n) is 5.21. The van der Waals surface area contributed by atoms with E-state index in [2.05, 4.69) is 56.7 Å². The molecule has 6 nitrogen and oxygen atoms in total. The molecular formula is C20H19N5OS. The first-order chi connectivity index (χ1) is 13.2. The molecule has 0 radical (unpaired) electrons. The molecule has 1 N–H and O–H groups in total. The predicted molar refractivity (Wildman–Crippen MR) is 107 cm³/mol. The summed E-state index contributed by atoms with van der Waals surface area (Å²) in [6.07, 6.45) is 1.62. The number of benzene rings is 1. The van der Waals surface area contributed by atoms with Gasteiger partial charge in [0.05, 0.1) is 29.1 Å². The van der Waals surface area contributed by atoms with Gasteiger partial charge in [-0.2, -0.15) is 5.10 Å². The Morgan fingerprint density at radius 1 is 1.11 bits per heavy atom. The SMILES string of the molecule is Cc1nnc2sc3c(NCc4ccc(C5COC5)cc4)ncnc3c2c1C. The van der Waals surface area contributed by atoms with Crippen LogP contribution in [0.5, 0.6) is 0 Å². The minimum absolute atomic E-state index is 0.555. The molecule has 1 aromatic carbocycles. The van der Waals surface area contributed by atoms with Gasteiger partial charge in [0.25, 0.3) is 0 Å². The smallest absolute Gasteiger partial charge is 0.149 e. The quantitative estimate of drug-likeness (QED) is 0.580. The summed E-state index contributed by atoms with van der Waals surface area (Å²) in [4.78, 5) is 9.88. The number of hydrogen-bond acceptors (Lipinski definition) is 7. The molecule has 1 aliphatic rings. The topological polar surface area (TPSA) is 72.8 Å². The highest BCUT2D eigenvalue weighted by Gasteiger charge is 2.20. The fourth-order valence-electron chi connectivity index (χ4n) is 3.33. The second-order valence-electron chi connectivity index (χ2n) is 6.92. The molecule has 0 spiro atoms. The van der Waals surface area contributed by atoms with Crippen molar-refractivity contribution >= 4 is 37.6 Å². The maximum atomic E-state index is 5.27. The van der Waals surface area contributed by atoms with Crippen LogP contribution in [0.15, 0.2) is 30.6 Å². The first-order valence-electron chi connectivity index (χ1n) is 8.98. The molecule has 136 valence electrons. The Morgan fingerprint density at radius 3 is 2.67 bits per heavy atom. The number of thiophene rings is 1. The van der Waals surface area contributed by atoms with Crippen molar-refractivity contribution in [2.45, 2.75) is 26.3 Å². The van der Waals surface area contributed by atoms with Crippen molar-refractivity contribution in [3.05, 3.63) is 53.0 Å². The zero-order chi connectivity index (χ0) is 18.4. The molecule has 27 heavy (non-hydrogen) atoms. The lowest BCUT2D eigenvalue weighted by atomic mass is 9.97. The lowest BCUT2D eigenvalue weighted by molar-refractivity contribution is 0.00842. The monoisotopic (exact) mass is 377 g/mol. The van der Waals surface area contributed by atoms with Gasteiger partial charge in [0.2, 0.25) is 0 Å². The number of nitrogens with zero attached hydrogens (tertiary/aromatic N) is 4. The van der Waals surface area contributed by atoms with Crippen LogP contribution >= 0.6 is 11.3 Å². The van der Waals surface area contributed by atoms with Crippen LogP contribution in [0, 0.1) is 13.8 Å². The van der Waals surface area contributed by atoms with Gasteiger partial charge in [-0.25, -0.2) is 9.97 Å². The molecule has 0 unspecified atom stereocenters. The van der Waals surface area contributed by atoms with Crippen molar-refractivity contribution in [2.75, 3.05) is 18.5 Å². The summed E-state index contributed by atoms with van der Waals surface area (Å²) in [6.45, 7) is 6.44. The molecule has 7 heteroatoms. The number of aryl methyl sites for hydroxylation is 2. The van der Waals surface area contributed by atoms with Crippen LogP contribution in [0.1, 0.15) is 28.3 Å². The van der Waals surface area contributed by atoms with Gasteiger partial charge in [-0.3, -0.25) is 0 Å². The van der Waals surface area contributed by atoms with E-state index < -0.39 is 0 Å². The summed E-state index contributed by atoms with van der Waals surface area (Å²) in [7, 11) is 0. The zero-order valence-electron chi connectivity index (χ0n) is 15.2. The number of nitrogens with one attached hydrogen (secondary N) is 1. The number of rotatable bonds is 4. The van der Waals surface area contributed by atoms with E-state index in [9.17, 15) is 0 Å². The van der Waals surface area contributed by atoms with Crippen molar-refractivity contribution in [3.63, 3.8) is 0 Å². The van der Waals surface area contributed by atoms with E-state index in [0.717, 1.165) is 50.7 Å². The van der Waals surface area contributed by atoms with E-state index in [1.165, 1.54) is 11.1 Å². The lowest BCUT2D eigenvalue weighted by Gasteiger charge is -2.26. The van der Waals surface area contributed by atoms with E-state index in [1.807, 2.05) is 6.92 Å². The van der Waals surface area contributed by atoms with E-state index >= 15 is 0 Å². The molecule has 4 aromatic rings. The molecule has 4 heterocycles. The molecule has 5 rings (SSSR count). The molecular weight excluding hydrogens is 358 g/mol. The highest BCUT2D eigenvalue weighted by molar-refractivity contribution is 7.25. The van der Waals surface area contributed by atoms with E-state index in [0.29, 0.717) is 12.5 Å². The highest BCUT2D eigenvalue weighted by Crippen LogP contribution is 2.36. The van der Waals surface area contributed by atoms with Crippen LogP contribution in [0.4, 0.5) is 5.82 Å². The Hall–Kier alpha value is -2.64. The number of fused-ring (bicyclic) bond motifs is 3. The molecule has 3 aromatic heterocycles. The van der Waals surface area contributed by atoms with Crippen LogP contribution in [-0.2, 0) is 11.3 Å². The lowest BCUT2D eigenvalue weighted by Crippen LogP contribution is -2.24. The van der Waals surface area contributed by atoms with Crippen molar-refractivity contribution in [1.29, 1.82) is 0 Å². The van der Waals surface area contributed by atoms with Gasteiger partial charge in [0.1, 0.15) is 17.0 Å². The fourth-order valence-corrected chi connectivity index (χ4v) is 4.43. The van der Waals surface area contributed by atoms with Gasteiger partial charge in [-0.05, 0) is 30.5 Å². The number of hydrogen-bond donors (Lipinski definition) is 1. The molecule has 1 fully saturated rings. The normalized spacial score (nSPS) is 14.6. The molecule has 0 aliphatic carbocycles. The first-order valence-corrected chi connectivity index (χ1v) is 9.80. The summed E-state index contributed by atoms with van der Waals surface area (Å²) in [6, 6.07) is 8.73. The van der Waals surface area contributed by atoms with Crippen LogP contribution in [-0.4, -0.2) is 33.4 Å². The van der Waals surface area contributed by atoms with Gasteiger partial charge in [-0.15, -0.1) is 16.4 Å². The van der Waals surface area contributed by atoms with Gasteiger partial charge in [-0.1, -0.05) is 24.3 Å². The summed E-state index contributed by atoms with van der Waals surface area (Å²) >= 11 is 1.59. The molecule has 1 saturated heterocycles. The van der Waals surface area contributed by atoms with Gasteiger partial charge < -0.3 is 10.1 Å². The fraction of sp³-hybridized carbons (Fsp3) is 0.300. The summed E-state index contributed by atoms with van der Waals surface area (Å²) in [5.74, 6) is 1.40. The average molecular weight is 377 g/mol. The maximum absolute atomic E-state index is 5.27. The standard InChI is InChI=1S/C20H19N5OS/c1-11-12(2)24-25-20-16(11)17-18(27-20)19(23-10-22-17)21-7-13-3-5-14(6-4-13)15-8-26-9-15/h3-6,10,15H,7-9H2,1-2H3,(H,21,22,23). The van der Waals surface area contributed by atoms with Gasteiger partial charge >= 0.3 is 0 Å². The Morgan fingerprint density at radius 2 is 1.93 bits per heavy atom. The number of aromatic nitrogens is 4. The Kier molecular flexibility index (Phi) is 3.98. The van der Waals surface area contributed by atoms with Crippen LogP contribution < -0.4 is 5.32 Å². The summed E-state index contributed by atoms with van der Waals surface area (Å²) < 4.78 is 6.30. The Labute approximate surface area is 160 Å². The maximum Gasteiger partial charge on any atom is 0.149 e. The van der Waals surface area contributed by atoms with Crippen LogP contribution in [0.3, 0.4) is 0 Å². The highest BCUT2D eigenvalue weighted by atomic mass is 32.1. The van der Waals surface area contributed by atoms with Crippen molar-refractivity contribution in [2.24, 2.45) is 0 Å². The third kappa shape index (κ3) is 2.83. The number of anilines is 1. The first kappa shape index (κ1) is 16.5. The Bertz CT molecular complexity index is 1130. The average Bonchev–Trinajstić information content (AvgIpc) is 3.03. The second-order valence-corrected chi connectivity index (χ2v) is 7.92. The summed E-state index contributed by atoms with van der Waals surface area (Å²) in [5, 5.41) is 13.1. The zero-order valence-corrected chi connectivity index (χ0v) is 16.0. The van der Waals surface area contributed by atoms with E-state index in [-0.39, 0.29) is 0 Å². The van der Waals surface area contributed by atoms with Crippen molar-refractivity contribution in [3.8, 4) is 0 Å². The minimum atomic E-state index is 0.555. The van der Waals surface area contributed by atoms with E-state index in [4.69, 9.17) is 4.74 Å². The Balaban J connectivity index is 1.44. The van der Waals surface area contributed by atoms with Crippen molar-refractivity contribution < 1.29 is 4.74 Å². The van der Waals surface area contributed by atoms with Gasteiger partial charge in [0, 0.05) is 17.8 Å². The van der Waals surface area contributed by atoms with Crippen LogP contribution in [0.2, 0.25) is 0 Å². The number of ether oxygens (including phenoxy) is 1. The van der Waals surface area contributed by atoms with Gasteiger partial charge in [0.15, 0.2) is 0 Å². The summed E-state index contributed by atoms with van der Waals surface area (Å²) in [5.41, 5.74) is 5.59.